The summed E-state index contributed by atoms with van der Waals surface area (Å²) in [7, 11) is 0. The van der Waals surface area contributed by atoms with Gasteiger partial charge in [0.05, 0.1) is 17.3 Å². The van der Waals surface area contributed by atoms with E-state index < -0.39 is 11.4 Å². The average molecular weight is 358 g/mol. The molecule has 0 radical (unpaired) electrons. The van der Waals surface area contributed by atoms with Gasteiger partial charge in [-0.2, -0.15) is 5.10 Å². The van der Waals surface area contributed by atoms with Crippen LogP contribution in [0, 0.1) is 6.92 Å². The van der Waals surface area contributed by atoms with Crippen molar-refractivity contribution in [2.24, 2.45) is 0 Å². The monoisotopic (exact) mass is 357 g/mol. The molecule has 0 aliphatic carbocycles. The van der Waals surface area contributed by atoms with Gasteiger partial charge in [0.2, 0.25) is 0 Å². The standard InChI is InChI=1S/C14H20BrN3OS/c1-9-6-11-8-12(16-18(11)13(15)7-9)10(2)17-20(19)14(3,4)5/h6-8,10,17H,1-5H3/t10-,20-/m1/s1. The third-order valence-electron chi connectivity index (χ3n) is 2.96. The number of hydrogen-bond acceptors (Lipinski definition) is 3. The largest absolute Gasteiger partial charge is 0.598 e. The maximum atomic E-state index is 12.1. The van der Waals surface area contributed by atoms with E-state index in [-0.39, 0.29) is 10.8 Å². The van der Waals surface area contributed by atoms with Gasteiger partial charge in [0.1, 0.15) is 9.35 Å². The number of aromatic nitrogens is 2. The summed E-state index contributed by atoms with van der Waals surface area (Å²) in [4.78, 5) is 0. The molecule has 2 aromatic rings. The summed E-state index contributed by atoms with van der Waals surface area (Å²) in [5.74, 6) is 0. The highest BCUT2D eigenvalue weighted by Gasteiger charge is 2.29. The van der Waals surface area contributed by atoms with Gasteiger partial charge in [0, 0.05) is 11.4 Å². The Morgan fingerprint density at radius 3 is 2.60 bits per heavy atom. The minimum atomic E-state index is -1.11. The lowest BCUT2D eigenvalue weighted by Gasteiger charge is -2.25. The van der Waals surface area contributed by atoms with Gasteiger partial charge in [0.25, 0.3) is 0 Å². The molecule has 2 aromatic heterocycles. The van der Waals surface area contributed by atoms with E-state index in [1.807, 2.05) is 51.3 Å². The van der Waals surface area contributed by atoms with Crippen molar-refractivity contribution in [3.63, 3.8) is 0 Å². The van der Waals surface area contributed by atoms with Gasteiger partial charge >= 0.3 is 0 Å². The molecule has 0 fully saturated rings. The van der Waals surface area contributed by atoms with E-state index in [0.717, 1.165) is 15.8 Å². The molecular weight excluding hydrogens is 338 g/mol. The topological polar surface area (TPSA) is 52.4 Å². The number of hydrogen-bond donors (Lipinski definition) is 1. The molecule has 6 heteroatoms. The van der Waals surface area contributed by atoms with E-state index in [1.165, 1.54) is 5.56 Å². The van der Waals surface area contributed by atoms with E-state index in [0.29, 0.717) is 0 Å². The van der Waals surface area contributed by atoms with Crippen LogP contribution in [0.1, 0.15) is 45.0 Å². The molecule has 4 nitrogen and oxygen atoms in total. The maximum Gasteiger partial charge on any atom is 0.136 e. The van der Waals surface area contributed by atoms with Crippen LogP contribution < -0.4 is 4.72 Å². The second-order valence-corrected chi connectivity index (χ2v) is 8.79. The van der Waals surface area contributed by atoms with Crippen molar-refractivity contribution >= 4 is 32.8 Å². The number of nitrogens with one attached hydrogen (secondary N) is 1. The summed E-state index contributed by atoms with van der Waals surface area (Å²) < 4.78 is 17.7. The lowest BCUT2D eigenvalue weighted by atomic mass is 10.2. The first-order valence-electron chi connectivity index (χ1n) is 6.52. The Hall–Kier alpha value is -0.560. The van der Waals surface area contributed by atoms with Gasteiger partial charge in [-0.05, 0) is 74.3 Å². The summed E-state index contributed by atoms with van der Waals surface area (Å²) in [6.45, 7) is 9.88. The van der Waals surface area contributed by atoms with Crippen LogP contribution in [0.2, 0.25) is 0 Å². The molecule has 0 aromatic carbocycles. The first-order chi connectivity index (χ1) is 9.18. The van der Waals surface area contributed by atoms with E-state index in [4.69, 9.17) is 0 Å². The molecule has 20 heavy (non-hydrogen) atoms. The normalized spacial score (nSPS) is 15.6. The van der Waals surface area contributed by atoms with Crippen molar-refractivity contribution in [1.82, 2.24) is 14.3 Å². The Kier molecular flexibility index (Phi) is 4.49. The predicted octanol–water partition coefficient (Wildman–Crippen LogP) is 3.52. The zero-order valence-corrected chi connectivity index (χ0v) is 14.8. The Morgan fingerprint density at radius 1 is 1.35 bits per heavy atom. The van der Waals surface area contributed by atoms with Gasteiger partial charge in [0.15, 0.2) is 0 Å². The van der Waals surface area contributed by atoms with Crippen LogP contribution >= 0.6 is 15.9 Å². The van der Waals surface area contributed by atoms with Crippen LogP contribution in [0.3, 0.4) is 0 Å². The quantitative estimate of drug-likeness (QED) is 0.675. The highest BCUT2D eigenvalue weighted by Crippen LogP contribution is 2.22. The van der Waals surface area contributed by atoms with Crippen molar-refractivity contribution in [3.05, 3.63) is 34.1 Å². The third-order valence-corrected chi connectivity index (χ3v) is 5.21. The summed E-state index contributed by atoms with van der Waals surface area (Å²) in [6.07, 6.45) is 0. The maximum absolute atomic E-state index is 12.1. The minimum Gasteiger partial charge on any atom is -0.598 e. The molecular formula is C14H20BrN3OS. The fourth-order valence-electron chi connectivity index (χ4n) is 1.82. The van der Waals surface area contributed by atoms with Gasteiger partial charge in [-0.25, -0.2) is 4.52 Å². The van der Waals surface area contributed by atoms with E-state index in [2.05, 4.69) is 31.8 Å². The Labute approximate surface area is 131 Å². The predicted molar refractivity (Wildman–Crippen MR) is 87.1 cm³/mol. The molecule has 2 atom stereocenters. The second-order valence-electron chi connectivity index (χ2n) is 5.98. The van der Waals surface area contributed by atoms with Crippen LogP contribution in [-0.4, -0.2) is 18.9 Å². The van der Waals surface area contributed by atoms with Gasteiger partial charge in [-0.15, -0.1) is 4.72 Å². The SMILES string of the molecule is Cc1cc(Br)n2nc([C@@H](C)N[S@+]([O-])C(C)(C)C)cc2c1. The van der Waals surface area contributed by atoms with Gasteiger partial charge in [-0.3, -0.25) is 0 Å². The summed E-state index contributed by atoms with van der Waals surface area (Å²) >= 11 is 2.40. The number of rotatable bonds is 3. The van der Waals surface area contributed by atoms with Crippen LogP contribution in [0.4, 0.5) is 0 Å². The van der Waals surface area contributed by atoms with Crippen molar-refractivity contribution < 1.29 is 4.55 Å². The van der Waals surface area contributed by atoms with E-state index in [9.17, 15) is 4.55 Å². The molecule has 110 valence electrons. The minimum absolute atomic E-state index is 0.0674. The highest BCUT2D eigenvalue weighted by atomic mass is 79.9. The summed E-state index contributed by atoms with van der Waals surface area (Å²) in [5.41, 5.74) is 3.09. The molecule has 0 bridgehead atoms. The molecule has 2 rings (SSSR count). The Morgan fingerprint density at radius 2 is 2.00 bits per heavy atom. The lowest BCUT2D eigenvalue weighted by molar-refractivity contribution is 0.528. The number of pyridine rings is 1. The molecule has 0 aliphatic rings. The van der Waals surface area contributed by atoms with Crippen molar-refractivity contribution in [2.75, 3.05) is 0 Å². The lowest BCUT2D eigenvalue weighted by Crippen LogP contribution is -2.40. The molecule has 0 aliphatic heterocycles. The van der Waals surface area contributed by atoms with Crippen LogP contribution in [0.25, 0.3) is 5.52 Å². The zero-order chi connectivity index (χ0) is 15.1. The smallest absolute Gasteiger partial charge is 0.136 e. The van der Waals surface area contributed by atoms with Crippen molar-refractivity contribution in [2.45, 2.75) is 45.4 Å². The zero-order valence-electron chi connectivity index (χ0n) is 12.4. The number of fused-ring (bicyclic) bond motifs is 1. The molecule has 0 spiro atoms. The fraction of sp³-hybridized carbons (Fsp3) is 0.500. The van der Waals surface area contributed by atoms with Gasteiger partial charge < -0.3 is 4.55 Å². The molecule has 1 N–H and O–H groups in total. The van der Waals surface area contributed by atoms with E-state index in [1.54, 1.807) is 0 Å². The van der Waals surface area contributed by atoms with Crippen molar-refractivity contribution in [3.8, 4) is 0 Å². The molecule has 0 saturated carbocycles. The van der Waals surface area contributed by atoms with Crippen LogP contribution in [0.15, 0.2) is 22.8 Å². The summed E-state index contributed by atoms with van der Waals surface area (Å²) in [6, 6.07) is 6.06. The summed E-state index contributed by atoms with van der Waals surface area (Å²) in [5, 5.41) is 4.56. The second kappa shape index (κ2) is 5.67. The number of aryl methyl sites for hydroxylation is 1. The number of nitrogens with zero attached hydrogens (tertiary/aromatic N) is 2. The highest BCUT2D eigenvalue weighted by molar-refractivity contribution is 9.10. The number of halogens is 1. The van der Waals surface area contributed by atoms with Gasteiger partial charge in [-0.1, -0.05) is 0 Å². The van der Waals surface area contributed by atoms with Crippen LogP contribution in [-0.2, 0) is 11.4 Å². The van der Waals surface area contributed by atoms with E-state index >= 15 is 0 Å². The molecule has 0 amide bonds. The van der Waals surface area contributed by atoms with Crippen molar-refractivity contribution in [1.29, 1.82) is 0 Å². The Balaban J connectivity index is 2.27. The third kappa shape index (κ3) is 3.36. The van der Waals surface area contributed by atoms with Crippen LogP contribution in [0.5, 0.6) is 0 Å². The first-order valence-corrected chi connectivity index (χ1v) is 8.46. The Bertz CT molecular complexity index is 621. The molecule has 2 heterocycles. The average Bonchev–Trinajstić information content (AvgIpc) is 2.71. The first kappa shape index (κ1) is 15.8. The molecule has 0 saturated heterocycles. The molecule has 0 unspecified atom stereocenters. The fourth-order valence-corrected chi connectivity index (χ4v) is 3.26.